The van der Waals surface area contributed by atoms with E-state index in [2.05, 4.69) is 4.98 Å². The predicted molar refractivity (Wildman–Crippen MR) is 106 cm³/mol. The van der Waals surface area contributed by atoms with Gasteiger partial charge in [-0.15, -0.1) is 0 Å². The summed E-state index contributed by atoms with van der Waals surface area (Å²) in [6.45, 7) is 6.68. The van der Waals surface area contributed by atoms with Crippen LogP contribution in [0.5, 0.6) is 0 Å². The van der Waals surface area contributed by atoms with E-state index >= 15 is 0 Å². The molecule has 0 amide bonds. The van der Waals surface area contributed by atoms with Gasteiger partial charge in [0.05, 0.1) is 0 Å². The summed E-state index contributed by atoms with van der Waals surface area (Å²) in [5.74, 6) is -0.732. The Hall–Kier alpha value is -2.86. The molecule has 0 atom stereocenters. The first-order valence-corrected chi connectivity index (χ1v) is 9.23. The van der Waals surface area contributed by atoms with Crippen molar-refractivity contribution < 1.29 is 18.7 Å². The van der Waals surface area contributed by atoms with Crippen molar-refractivity contribution in [3.63, 3.8) is 0 Å². The molecule has 28 heavy (non-hydrogen) atoms. The molecule has 0 unspecified atom stereocenters. The highest BCUT2D eigenvalue weighted by Gasteiger charge is 2.21. The van der Waals surface area contributed by atoms with Crippen LogP contribution >= 0.6 is 11.6 Å². The Morgan fingerprint density at radius 2 is 1.89 bits per heavy atom. The molecule has 3 rings (SSSR count). The Kier molecular flexibility index (Phi) is 5.42. The minimum absolute atomic E-state index is 0.127. The Labute approximate surface area is 166 Å². The van der Waals surface area contributed by atoms with Gasteiger partial charge in [-0.3, -0.25) is 4.79 Å². The third-order valence-electron chi connectivity index (χ3n) is 4.73. The summed E-state index contributed by atoms with van der Waals surface area (Å²) in [6, 6.07) is 4.72. The minimum atomic E-state index is -0.606. The van der Waals surface area contributed by atoms with E-state index in [-0.39, 0.29) is 18.1 Å². The van der Waals surface area contributed by atoms with Crippen molar-refractivity contribution in [2.75, 3.05) is 0 Å². The lowest BCUT2D eigenvalue weighted by Gasteiger charge is -2.09. The first-order valence-electron chi connectivity index (χ1n) is 8.85. The molecule has 3 aromatic rings. The topological polar surface area (TPSA) is 89.4 Å². The number of hydrogen-bond acceptors (Lipinski definition) is 5. The first kappa shape index (κ1) is 19.9. The average molecular weight is 402 g/mol. The third kappa shape index (κ3) is 3.60. The standard InChI is InChI=1S/C21H20ClNO5/c1-5-13-6-17-15(8-16(13)22)14(7-18(25)28-17)9-27-21(26)20-10(2)19(12(4)24)11(3)23-20/h6-8,23H,5,9H2,1-4H3. The molecule has 146 valence electrons. The zero-order valence-corrected chi connectivity index (χ0v) is 16.8. The Morgan fingerprint density at radius 1 is 1.18 bits per heavy atom. The van der Waals surface area contributed by atoms with Gasteiger partial charge < -0.3 is 14.1 Å². The van der Waals surface area contributed by atoms with Gasteiger partial charge in [-0.25, -0.2) is 9.59 Å². The van der Waals surface area contributed by atoms with Crippen LogP contribution in [0, 0.1) is 13.8 Å². The number of carbonyl (C=O) groups is 2. The van der Waals surface area contributed by atoms with E-state index in [1.807, 2.05) is 6.92 Å². The molecule has 6 nitrogen and oxygen atoms in total. The zero-order chi connectivity index (χ0) is 20.6. The van der Waals surface area contributed by atoms with Crippen molar-refractivity contribution in [2.45, 2.75) is 40.7 Å². The second kappa shape index (κ2) is 7.64. The number of fused-ring (bicyclic) bond motifs is 1. The van der Waals surface area contributed by atoms with E-state index in [1.54, 1.807) is 26.0 Å². The van der Waals surface area contributed by atoms with Crippen LogP contribution in [0.4, 0.5) is 0 Å². The number of ether oxygens (including phenoxy) is 1. The van der Waals surface area contributed by atoms with Gasteiger partial charge in [0.1, 0.15) is 17.9 Å². The Morgan fingerprint density at radius 3 is 2.50 bits per heavy atom. The Balaban J connectivity index is 1.93. The van der Waals surface area contributed by atoms with Gasteiger partial charge in [0, 0.05) is 33.3 Å². The molecule has 0 aliphatic carbocycles. The molecular weight excluding hydrogens is 382 g/mol. The van der Waals surface area contributed by atoms with Gasteiger partial charge in [-0.2, -0.15) is 0 Å². The molecule has 1 N–H and O–H groups in total. The number of nitrogens with one attached hydrogen (secondary N) is 1. The number of ketones is 1. The van der Waals surface area contributed by atoms with Crippen molar-refractivity contribution in [3.8, 4) is 0 Å². The summed E-state index contributed by atoms with van der Waals surface area (Å²) in [5, 5.41) is 1.16. The number of benzene rings is 1. The van der Waals surface area contributed by atoms with Crippen LogP contribution in [-0.4, -0.2) is 16.7 Å². The lowest BCUT2D eigenvalue weighted by Crippen LogP contribution is -2.10. The largest absolute Gasteiger partial charge is 0.456 e. The predicted octanol–water partition coefficient (Wildman–Crippen LogP) is 4.51. The van der Waals surface area contributed by atoms with Crippen LogP contribution in [0.25, 0.3) is 11.0 Å². The third-order valence-corrected chi connectivity index (χ3v) is 5.08. The minimum Gasteiger partial charge on any atom is -0.456 e. The van der Waals surface area contributed by atoms with E-state index < -0.39 is 11.6 Å². The number of aromatic amines is 1. The molecule has 2 aromatic heterocycles. The summed E-state index contributed by atoms with van der Waals surface area (Å²) < 4.78 is 10.7. The summed E-state index contributed by atoms with van der Waals surface area (Å²) in [6.07, 6.45) is 0.696. The second-order valence-electron chi connectivity index (χ2n) is 6.64. The number of carbonyl (C=O) groups excluding carboxylic acids is 2. The molecule has 0 saturated carbocycles. The van der Waals surface area contributed by atoms with E-state index in [1.165, 1.54) is 13.0 Å². The lowest BCUT2D eigenvalue weighted by atomic mass is 10.1. The van der Waals surface area contributed by atoms with E-state index in [0.29, 0.717) is 44.8 Å². The molecule has 0 saturated heterocycles. The van der Waals surface area contributed by atoms with Gasteiger partial charge in [0.25, 0.3) is 0 Å². The van der Waals surface area contributed by atoms with Crippen LogP contribution in [-0.2, 0) is 17.8 Å². The highest BCUT2D eigenvalue weighted by Crippen LogP contribution is 2.27. The maximum absolute atomic E-state index is 12.5. The molecule has 0 fully saturated rings. The van der Waals surface area contributed by atoms with Crippen LogP contribution in [0.15, 0.2) is 27.4 Å². The fraction of sp³-hybridized carbons (Fsp3) is 0.286. The van der Waals surface area contributed by atoms with Crippen LogP contribution in [0.2, 0.25) is 5.02 Å². The smallest absolute Gasteiger partial charge is 0.355 e. The molecular formula is C21H20ClNO5. The van der Waals surface area contributed by atoms with Crippen LogP contribution in [0.3, 0.4) is 0 Å². The molecule has 7 heteroatoms. The summed E-state index contributed by atoms with van der Waals surface area (Å²) in [5.41, 5.74) is 3.08. The fourth-order valence-corrected chi connectivity index (χ4v) is 3.67. The molecule has 0 bridgehead atoms. The number of halogens is 1. The van der Waals surface area contributed by atoms with Crippen molar-refractivity contribution in [3.05, 3.63) is 67.3 Å². The molecule has 1 aromatic carbocycles. The number of rotatable bonds is 5. The highest BCUT2D eigenvalue weighted by molar-refractivity contribution is 6.32. The summed E-state index contributed by atoms with van der Waals surface area (Å²) in [7, 11) is 0. The number of aromatic nitrogens is 1. The van der Waals surface area contributed by atoms with Gasteiger partial charge >= 0.3 is 11.6 Å². The summed E-state index contributed by atoms with van der Waals surface area (Å²) in [4.78, 5) is 39.1. The van der Waals surface area contributed by atoms with E-state index in [4.69, 9.17) is 20.8 Å². The number of H-pyrrole nitrogens is 1. The quantitative estimate of drug-likeness (QED) is 0.386. The molecule has 0 radical (unpaired) electrons. The second-order valence-corrected chi connectivity index (χ2v) is 7.05. The van der Waals surface area contributed by atoms with Gasteiger partial charge in [-0.1, -0.05) is 18.5 Å². The van der Waals surface area contributed by atoms with Crippen molar-refractivity contribution in [2.24, 2.45) is 0 Å². The van der Waals surface area contributed by atoms with E-state index in [9.17, 15) is 14.4 Å². The van der Waals surface area contributed by atoms with E-state index in [0.717, 1.165) is 5.56 Å². The SMILES string of the molecule is CCc1cc2oc(=O)cc(COC(=O)c3[nH]c(C)c(C(C)=O)c3C)c2cc1Cl. The first-order chi connectivity index (χ1) is 13.2. The molecule has 2 heterocycles. The van der Waals surface area contributed by atoms with Crippen molar-refractivity contribution in [1.82, 2.24) is 4.98 Å². The number of Topliss-reactive ketones (excluding diaryl/α,β-unsaturated/α-hetero) is 1. The van der Waals surface area contributed by atoms with Crippen LogP contribution < -0.4 is 5.63 Å². The number of hydrogen-bond donors (Lipinski definition) is 1. The monoisotopic (exact) mass is 401 g/mol. The number of aryl methyl sites for hydroxylation is 2. The molecule has 0 aliphatic rings. The summed E-state index contributed by atoms with van der Waals surface area (Å²) >= 11 is 6.28. The zero-order valence-electron chi connectivity index (χ0n) is 16.1. The lowest BCUT2D eigenvalue weighted by molar-refractivity contribution is 0.0466. The molecule has 0 aliphatic heterocycles. The van der Waals surface area contributed by atoms with Crippen molar-refractivity contribution in [1.29, 1.82) is 0 Å². The number of esters is 1. The fourth-order valence-electron chi connectivity index (χ4n) is 3.38. The Bertz CT molecular complexity index is 1160. The highest BCUT2D eigenvalue weighted by atomic mass is 35.5. The van der Waals surface area contributed by atoms with Gasteiger partial charge in [-0.05, 0) is 50.5 Å². The maximum atomic E-state index is 12.5. The molecule has 0 spiro atoms. The van der Waals surface area contributed by atoms with Gasteiger partial charge in [0.2, 0.25) is 0 Å². The van der Waals surface area contributed by atoms with Gasteiger partial charge in [0.15, 0.2) is 5.78 Å². The van der Waals surface area contributed by atoms with Crippen molar-refractivity contribution >= 4 is 34.3 Å². The maximum Gasteiger partial charge on any atom is 0.355 e. The normalized spacial score (nSPS) is 11.0. The average Bonchev–Trinajstić information content (AvgIpc) is 2.93. The van der Waals surface area contributed by atoms with Crippen LogP contribution in [0.1, 0.15) is 57.1 Å².